The first-order valence-corrected chi connectivity index (χ1v) is 13.7. The van der Waals surface area contributed by atoms with Gasteiger partial charge in [0.05, 0.1) is 27.5 Å². The molecule has 0 saturated carbocycles. The molecule has 0 saturated heterocycles. The summed E-state index contributed by atoms with van der Waals surface area (Å²) in [4.78, 5) is 24.1. The molecular weight excluding hydrogens is 496 g/mol. The van der Waals surface area contributed by atoms with E-state index in [2.05, 4.69) is 20.1 Å². The van der Waals surface area contributed by atoms with Gasteiger partial charge in [0.2, 0.25) is 15.8 Å². The van der Waals surface area contributed by atoms with E-state index in [-0.39, 0.29) is 22.1 Å². The van der Waals surface area contributed by atoms with E-state index in [1.807, 2.05) is 61.5 Å². The van der Waals surface area contributed by atoms with Gasteiger partial charge in [-0.3, -0.25) is 9.79 Å². The molecule has 1 atom stereocenters. The Labute approximate surface area is 214 Å². The lowest BCUT2D eigenvalue weighted by molar-refractivity contribution is 0.0948. The summed E-state index contributed by atoms with van der Waals surface area (Å²) in [7, 11) is -0.230. The van der Waals surface area contributed by atoms with Crippen molar-refractivity contribution in [2.24, 2.45) is 10.8 Å². The smallest absolute Gasteiger partial charge is 0.241 e. The summed E-state index contributed by atoms with van der Waals surface area (Å²) < 4.78 is 30.8. The molecule has 1 heterocycles. The minimum Gasteiger partial charge on any atom is -0.377 e. The van der Waals surface area contributed by atoms with Crippen molar-refractivity contribution in [2.45, 2.75) is 23.8 Å². The minimum absolute atomic E-state index is 0.121. The molecule has 0 unspecified atom stereocenters. The second kappa shape index (κ2) is 11.1. The number of carbonyl (C=O) groups is 1. The van der Waals surface area contributed by atoms with E-state index < -0.39 is 16.1 Å². The van der Waals surface area contributed by atoms with Crippen molar-refractivity contribution in [3.8, 4) is 0 Å². The third kappa shape index (κ3) is 5.54. The molecule has 0 fully saturated rings. The quantitative estimate of drug-likeness (QED) is 0.0685. The molecule has 0 aliphatic heterocycles. The Morgan fingerprint density at radius 3 is 2.61 bits per heavy atom. The minimum atomic E-state index is -4.04. The van der Waals surface area contributed by atoms with Crippen LogP contribution in [0, 0.1) is 0 Å². The zero-order chi connectivity index (χ0) is 25.7. The first-order valence-electron chi connectivity index (χ1n) is 11.4. The fourth-order valence-electron chi connectivity index (χ4n) is 4.01. The molecule has 3 aromatic carbocycles. The van der Waals surface area contributed by atoms with Crippen LogP contribution >= 0.6 is 11.3 Å². The number of hydrazine groups is 1. The van der Waals surface area contributed by atoms with Crippen molar-refractivity contribution in [1.29, 1.82) is 0 Å². The van der Waals surface area contributed by atoms with Gasteiger partial charge >= 0.3 is 0 Å². The highest BCUT2D eigenvalue weighted by Crippen LogP contribution is 2.31. The summed E-state index contributed by atoms with van der Waals surface area (Å²) in [6.45, 7) is 0.385. The Bertz CT molecular complexity index is 1480. The molecule has 0 aliphatic rings. The maximum atomic E-state index is 13.6. The SMILES string of the molecule is CN(C)c1cccc2c(S(=O)(=O)N[C@@H](CCCN=CNN)C(=O)c3nc4ccccc4s3)cccc12. The third-order valence-electron chi connectivity index (χ3n) is 5.69. The predicted molar refractivity (Wildman–Crippen MR) is 146 cm³/mol. The summed E-state index contributed by atoms with van der Waals surface area (Å²) in [6.07, 6.45) is 2.08. The second-order valence-electron chi connectivity index (χ2n) is 8.39. The van der Waals surface area contributed by atoms with Gasteiger partial charge in [-0.15, -0.1) is 11.3 Å². The van der Waals surface area contributed by atoms with Crippen molar-refractivity contribution < 1.29 is 13.2 Å². The number of sulfonamides is 1. The monoisotopic (exact) mass is 524 g/mol. The van der Waals surface area contributed by atoms with E-state index in [1.54, 1.807) is 18.2 Å². The number of para-hydroxylation sites is 1. The van der Waals surface area contributed by atoms with Crippen LogP contribution in [0.2, 0.25) is 0 Å². The van der Waals surface area contributed by atoms with Crippen LogP contribution in [0.4, 0.5) is 5.69 Å². The number of hydrogen-bond donors (Lipinski definition) is 3. The van der Waals surface area contributed by atoms with Crippen LogP contribution in [-0.2, 0) is 10.0 Å². The van der Waals surface area contributed by atoms with Crippen molar-refractivity contribution >= 4 is 60.2 Å². The Kier molecular flexibility index (Phi) is 7.94. The average Bonchev–Trinajstić information content (AvgIpc) is 3.31. The number of anilines is 1. The summed E-state index contributed by atoms with van der Waals surface area (Å²) in [6, 6.07) is 17.1. The molecular formula is C25H28N6O3S2. The van der Waals surface area contributed by atoms with E-state index >= 15 is 0 Å². The molecule has 0 spiro atoms. The molecule has 188 valence electrons. The Morgan fingerprint density at radius 2 is 1.86 bits per heavy atom. The van der Waals surface area contributed by atoms with E-state index in [9.17, 15) is 13.2 Å². The van der Waals surface area contributed by atoms with E-state index in [1.165, 1.54) is 17.7 Å². The largest absolute Gasteiger partial charge is 0.377 e. The van der Waals surface area contributed by atoms with Gasteiger partial charge in [-0.2, -0.15) is 0 Å². The molecule has 4 N–H and O–H groups in total. The van der Waals surface area contributed by atoms with E-state index in [0.29, 0.717) is 23.9 Å². The van der Waals surface area contributed by atoms with Crippen LogP contribution < -0.4 is 20.9 Å². The van der Waals surface area contributed by atoms with Gasteiger partial charge < -0.3 is 10.3 Å². The van der Waals surface area contributed by atoms with Crippen LogP contribution in [0.3, 0.4) is 0 Å². The lowest BCUT2D eigenvalue weighted by atomic mass is 10.1. The molecule has 11 heteroatoms. The maximum Gasteiger partial charge on any atom is 0.241 e. The number of nitrogens with two attached hydrogens (primary N) is 1. The lowest BCUT2D eigenvalue weighted by Crippen LogP contribution is -2.41. The van der Waals surface area contributed by atoms with Crippen LogP contribution in [0.1, 0.15) is 22.6 Å². The summed E-state index contributed by atoms with van der Waals surface area (Å²) in [5.74, 6) is 4.83. The molecule has 0 radical (unpaired) electrons. The van der Waals surface area contributed by atoms with Crippen molar-refractivity contribution in [1.82, 2.24) is 15.1 Å². The van der Waals surface area contributed by atoms with E-state index in [0.717, 1.165) is 15.8 Å². The number of hydrogen-bond acceptors (Lipinski definition) is 8. The van der Waals surface area contributed by atoms with Gasteiger partial charge in [0, 0.05) is 37.1 Å². The highest BCUT2D eigenvalue weighted by Gasteiger charge is 2.29. The number of aliphatic imine (C=N–C) groups is 1. The standard InChI is InChI=1S/C25H28N6O3S2/c1-31(2)21-12-5-9-18-17(21)8-6-14-23(18)36(33,34)30-20(11-7-15-27-16-28-26)24(32)25-29-19-10-3-4-13-22(19)35-25/h3-6,8-10,12-14,16,20,30H,7,11,15,26H2,1-2H3,(H,27,28)/t20-/m0/s1. The first-order chi connectivity index (χ1) is 17.3. The van der Waals surface area contributed by atoms with Crippen LogP contribution in [0.15, 0.2) is 70.6 Å². The van der Waals surface area contributed by atoms with Gasteiger partial charge in [0.15, 0.2) is 5.01 Å². The number of thiazole rings is 1. The van der Waals surface area contributed by atoms with Crippen LogP contribution in [0.5, 0.6) is 0 Å². The normalized spacial score (nSPS) is 12.9. The fourth-order valence-corrected chi connectivity index (χ4v) is 6.43. The first kappa shape index (κ1) is 25.7. The van der Waals surface area contributed by atoms with Gasteiger partial charge in [-0.25, -0.2) is 24.0 Å². The van der Waals surface area contributed by atoms with Crippen LogP contribution in [-0.4, -0.2) is 52.2 Å². The number of nitrogens with one attached hydrogen (secondary N) is 2. The van der Waals surface area contributed by atoms with E-state index in [4.69, 9.17) is 5.84 Å². The number of aromatic nitrogens is 1. The van der Waals surface area contributed by atoms with Crippen molar-refractivity contribution in [3.05, 3.63) is 65.7 Å². The van der Waals surface area contributed by atoms with Crippen molar-refractivity contribution in [3.63, 3.8) is 0 Å². The molecule has 0 amide bonds. The third-order valence-corrected chi connectivity index (χ3v) is 8.28. The van der Waals surface area contributed by atoms with Crippen molar-refractivity contribution in [2.75, 3.05) is 25.5 Å². The molecule has 0 aliphatic carbocycles. The van der Waals surface area contributed by atoms with Gasteiger partial charge in [-0.1, -0.05) is 36.4 Å². The summed E-state index contributed by atoms with van der Waals surface area (Å²) >= 11 is 1.25. The Hall–Kier alpha value is -3.38. The average molecular weight is 525 g/mol. The maximum absolute atomic E-state index is 13.6. The fraction of sp³-hybridized carbons (Fsp3) is 0.240. The number of benzene rings is 3. The molecule has 9 nitrogen and oxygen atoms in total. The number of carbonyl (C=O) groups excluding carboxylic acids is 1. The number of ketones is 1. The molecule has 1 aromatic heterocycles. The zero-order valence-electron chi connectivity index (χ0n) is 20.0. The second-order valence-corrected chi connectivity index (χ2v) is 11.1. The summed E-state index contributed by atoms with van der Waals surface area (Å²) in [5, 5.41) is 1.66. The predicted octanol–water partition coefficient (Wildman–Crippen LogP) is 3.32. The van der Waals surface area contributed by atoms with Gasteiger partial charge in [0.1, 0.15) is 0 Å². The van der Waals surface area contributed by atoms with Gasteiger partial charge in [-0.05, 0) is 37.1 Å². The summed E-state index contributed by atoms with van der Waals surface area (Å²) in [5.41, 5.74) is 3.93. The highest BCUT2D eigenvalue weighted by atomic mass is 32.2. The number of fused-ring (bicyclic) bond motifs is 2. The number of Topliss-reactive ketones (excluding diaryl/α,β-unsaturated/α-hetero) is 1. The number of nitrogens with zero attached hydrogens (tertiary/aromatic N) is 3. The van der Waals surface area contributed by atoms with Crippen LogP contribution in [0.25, 0.3) is 21.0 Å². The molecule has 36 heavy (non-hydrogen) atoms. The molecule has 4 aromatic rings. The molecule has 4 rings (SSSR count). The highest BCUT2D eigenvalue weighted by molar-refractivity contribution is 7.89. The molecule has 0 bridgehead atoms. The Morgan fingerprint density at radius 1 is 1.11 bits per heavy atom. The topological polar surface area (TPSA) is 130 Å². The van der Waals surface area contributed by atoms with Gasteiger partial charge in [0.25, 0.3) is 0 Å². The zero-order valence-corrected chi connectivity index (χ0v) is 21.6. The number of rotatable bonds is 11. The lowest BCUT2D eigenvalue weighted by Gasteiger charge is -2.19. The Balaban J connectivity index is 1.68.